The summed E-state index contributed by atoms with van der Waals surface area (Å²) in [5.74, 6) is 0. The summed E-state index contributed by atoms with van der Waals surface area (Å²) in [6, 6.07) is 21.2. The maximum absolute atomic E-state index is 2.76. The van der Waals surface area contributed by atoms with Crippen LogP contribution in [0.4, 0.5) is 11.4 Å². The minimum Gasteiger partial charge on any atom is -0.332 e. The third-order valence-corrected chi connectivity index (χ3v) is 11.5. The molecule has 2 aliphatic rings. The van der Waals surface area contributed by atoms with E-state index in [4.69, 9.17) is 0 Å². The van der Waals surface area contributed by atoms with Gasteiger partial charge in [-0.3, -0.25) is 0 Å². The first-order valence-electron chi connectivity index (χ1n) is 9.81. The minimum atomic E-state index is -1.72. The molecule has 1 fully saturated rings. The van der Waals surface area contributed by atoms with Crippen LogP contribution in [-0.4, -0.2) is 28.0 Å². The zero-order valence-electron chi connectivity index (χ0n) is 15.9. The molecular weight excluding hydrogens is 320 g/mol. The van der Waals surface area contributed by atoms with E-state index < -0.39 is 8.24 Å². The summed E-state index contributed by atoms with van der Waals surface area (Å²) >= 11 is 0. The number of nitrogens with zero attached hydrogens (tertiary/aromatic N) is 2. The molecule has 0 bridgehead atoms. The number of anilines is 1. The molecule has 25 heavy (non-hydrogen) atoms. The number of rotatable bonds is 2. The number of fused-ring (bicyclic) bond motifs is 1. The molecule has 2 aromatic rings. The molecule has 0 radical (unpaired) electrons. The molecule has 132 valence electrons. The molecule has 0 aromatic heterocycles. The highest BCUT2D eigenvalue weighted by Crippen LogP contribution is 2.38. The first kappa shape index (κ1) is 16.9. The van der Waals surface area contributed by atoms with Gasteiger partial charge >= 0.3 is 8.24 Å². The Kier molecular flexibility index (Phi) is 4.25. The van der Waals surface area contributed by atoms with E-state index in [0.717, 1.165) is 10.8 Å². The van der Waals surface area contributed by atoms with Crippen molar-refractivity contribution in [2.45, 2.75) is 51.2 Å². The van der Waals surface area contributed by atoms with Crippen LogP contribution >= 0.6 is 0 Å². The van der Waals surface area contributed by atoms with Crippen molar-refractivity contribution >= 4 is 24.8 Å². The molecule has 2 nitrogen and oxygen atoms in total. The number of para-hydroxylation sites is 2. The van der Waals surface area contributed by atoms with Crippen molar-refractivity contribution in [3.05, 3.63) is 54.6 Å². The Balaban J connectivity index is 1.85. The van der Waals surface area contributed by atoms with E-state index in [1.165, 1.54) is 43.5 Å². The standard InChI is InChI=1S/C22H31N2Si/c1-24(20-14-8-5-9-15-20)18-23(19-12-6-4-7-13-19)21-16-10-11-17-22(21)25(24,2)3/h5,8-11,14-17,19H,4,6-7,12-13,18H2,1-3H3/q+1. The van der Waals surface area contributed by atoms with Gasteiger partial charge in [0.2, 0.25) is 0 Å². The second-order valence-electron chi connectivity index (χ2n) is 8.51. The summed E-state index contributed by atoms with van der Waals surface area (Å²) in [6.45, 7) is 6.22. The molecule has 2 aromatic carbocycles. The van der Waals surface area contributed by atoms with Gasteiger partial charge in [-0.1, -0.05) is 55.7 Å². The molecule has 1 aliphatic heterocycles. The predicted molar refractivity (Wildman–Crippen MR) is 112 cm³/mol. The van der Waals surface area contributed by atoms with E-state index in [1.54, 1.807) is 5.19 Å². The van der Waals surface area contributed by atoms with Crippen molar-refractivity contribution in [1.29, 1.82) is 0 Å². The molecule has 3 heteroatoms. The van der Waals surface area contributed by atoms with Gasteiger partial charge in [0.15, 0.2) is 0 Å². The maximum Gasteiger partial charge on any atom is 0.320 e. The number of benzene rings is 2. The lowest BCUT2D eigenvalue weighted by atomic mass is 9.94. The highest BCUT2D eigenvalue weighted by atomic mass is 28.3. The summed E-state index contributed by atoms with van der Waals surface area (Å²) in [5.41, 5.74) is 2.99. The average Bonchev–Trinajstić information content (AvgIpc) is 2.66. The van der Waals surface area contributed by atoms with Crippen LogP contribution in [0.5, 0.6) is 0 Å². The Morgan fingerprint density at radius 3 is 2.24 bits per heavy atom. The molecule has 0 amide bonds. The van der Waals surface area contributed by atoms with E-state index in [0.29, 0.717) is 6.04 Å². The van der Waals surface area contributed by atoms with Gasteiger partial charge in [-0.25, -0.2) is 0 Å². The first-order valence-corrected chi connectivity index (χ1v) is 12.8. The Morgan fingerprint density at radius 1 is 0.880 bits per heavy atom. The lowest BCUT2D eigenvalue weighted by Crippen LogP contribution is -2.77. The van der Waals surface area contributed by atoms with Crippen LogP contribution < -0.4 is 14.2 Å². The van der Waals surface area contributed by atoms with Gasteiger partial charge in [0, 0.05) is 16.9 Å². The van der Waals surface area contributed by atoms with E-state index in [1.807, 2.05) is 0 Å². The van der Waals surface area contributed by atoms with Gasteiger partial charge in [-0.2, -0.15) is 0 Å². The number of hydrogen-bond donors (Lipinski definition) is 0. The van der Waals surface area contributed by atoms with Crippen molar-refractivity contribution < 1.29 is 0 Å². The van der Waals surface area contributed by atoms with Crippen molar-refractivity contribution in [1.82, 2.24) is 4.15 Å². The normalized spacial score (nSPS) is 26.3. The molecule has 1 heterocycles. The number of quaternary nitrogens is 1. The fourth-order valence-corrected chi connectivity index (χ4v) is 8.12. The summed E-state index contributed by atoms with van der Waals surface area (Å²) in [4.78, 5) is 2.76. The highest BCUT2D eigenvalue weighted by Gasteiger charge is 2.54. The molecule has 1 saturated carbocycles. The third kappa shape index (κ3) is 2.65. The van der Waals surface area contributed by atoms with Crippen LogP contribution in [0.15, 0.2) is 54.6 Å². The third-order valence-electron chi connectivity index (χ3n) is 6.88. The van der Waals surface area contributed by atoms with Gasteiger partial charge in [-0.05, 0) is 44.1 Å². The van der Waals surface area contributed by atoms with E-state index in [2.05, 4.69) is 79.6 Å². The zero-order chi connectivity index (χ0) is 17.5. The van der Waals surface area contributed by atoms with Gasteiger partial charge < -0.3 is 9.05 Å². The van der Waals surface area contributed by atoms with Crippen LogP contribution in [0.25, 0.3) is 0 Å². The number of hydrogen-bond acceptors (Lipinski definition) is 1. The second-order valence-corrected chi connectivity index (χ2v) is 13.1. The van der Waals surface area contributed by atoms with Crippen LogP contribution in [0, 0.1) is 0 Å². The van der Waals surface area contributed by atoms with Gasteiger partial charge in [0.1, 0.15) is 12.4 Å². The molecule has 1 atom stereocenters. The smallest absolute Gasteiger partial charge is 0.320 e. The molecule has 1 aliphatic carbocycles. The molecule has 0 spiro atoms. The fourth-order valence-electron chi connectivity index (χ4n) is 4.93. The highest BCUT2D eigenvalue weighted by molar-refractivity contribution is 6.91. The van der Waals surface area contributed by atoms with Crippen molar-refractivity contribution in [2.24, 2.45) is 0 Å². The van der Waals surface area contributed by atoms with Crippen molar-refractivity contribution in [3.8, 4) is 0 Å². The van der Waals surface area contributed by atoms with E-state index in [-0.39, 0.29) is 0 Å². The van der Waals surface area contributed by atoms with Crippen LogP contribution in [-0.2, 0) is 0 Å². The molecule has 1 unspecified atom stereocenters. The Hall–Kier alpha value is -1.58. The second kappa shape index (κ2) is 6.29. The average molecular weight is 352 g/mol. The lowest BCUT2D eigenvalue weighted by Gasteiger charge is -2.55. The van der Waals surface area contributed by atoms with Crippen LogP contribution in [0.2, 0.25) is 13.1 Å². The van der Waals surface area contributed by atoms with E-state index in [9.17, 15) is 0 Å². The van der Waals surface area contributed by atoms with Gasteiger partial charge in [-0.15, -0.1) is 0 Å². The first-order chi connectivity index (χ1) is 12.0. The Morgan fingerprint density at radius 2 is 1.52 bits per heavy atom. The Bertz CT molecular complexity index is 737. The lowest BCUT2D eigenvalue weighted by molar-refractivity contribution is 0.370. The summed E-state index contributed by atoms with van der Waals surface area (Å²) in [7, 11) is 0.764. The predicted octanol–water partition coefficient (Wildman–Crippen LogP) is 4.85. The minimum absolute atomic E-state index is 0.709. The zero-order valence-corrected chi connectivity index (χ0v) is 16.9. The molecule has 0 N–H and O–H groups in total. The molecular formula is C22H31N2Si+. The van der Waals surface area contributed by atoms with Gasteiger partial charge in [0.05, 0.1) is 7.05 Å². The van der Waals surface area contributed by atoms with Crippen LogP contribution in [0.3, 0.4) is 0 Å². The fraction of sp³-hybridized carbons (Fsp3) is 0.455. The van der Waals surface area contributed by atoms with Gasteiger partial charge in [0.25, 0.3) is 0 Å². The van der Waals surface area contributed by atoms with Crippen LogP contribution in [0.1, 0.15) is 32.1 Å². The largest absolute Gasteiger partial charge is 0.332 e. The summed E-state index contributed by atoms with van der Waals surface area (Å²) in [5, 5.41) is 1.62. The van der Waals surface area contributed by atoms with Crippen molar-refractivity contribution in [3.63, 3.8) is 0 Å². The topological polar surface area (TPSA) is 3.24 Å². The van der Waals surface area contributed by atoms with E-state index >= 15 is 0 Å². The quantitative estimate of drug-likeness (QED) is 0.699. The summed E-state index contributed by atoms with van der Waals surface area (Å²) in [6.07, 6.45) is 6.89. The molecule has 4 rings (SSSR count). The Labute approximate surface area is 153 Å². The maximum atomic E-state index is 2.76. The monoisotopic (exact) mass is 351 g/mol. The molecule has 0 saturated heterocycles. The SMILES string of the molecule is C[N+]1(c2ccccc2)CN(C2CCCCC2)c2ccccc2[Si]1(C)C. The van der Waals surface area contributed by atoms with Crippen molar-refractivity contribution in [2.75, 3.05) is 18.6 Å². The summed E-state index contributed by atoms with van der Waals surface area (Å²) < 4.78 is 1.07.